The van der Waals surface area contributed by atoms with E-state index in [2.05, 4.69) is 20.4 Å². The Hall–Kier alpha value is -4.45. The number of unbranched alkanes of at least 4 members (excludes halogenated alkanes) is 4. The number of methoxy groups -OCH3 is 3. The molecule has 2 aromatic rings. The molecule has 0 amide bonds. The number of aliphatic carboxylic acids is 1. The fourth-order valence-electron chi connectivity index (χ4n) is 10.4. The van der Waals surface area contributed by atoms with Crippen molar-refractivity contribution in [1.82, 2.24) is 0 Å². The molecule has 5 rings (SSSR count). The Morgan fingerprint density at radius 2 is 1.58 bits per heavy atom. The molecule has 412 valence electrons. The highest BCUT2D eigenvalue weighted by molar-refractivity contribution is 5.83. The molecule has 2 N–H and O–H groups in total. The minimum absolute atomic E-state index is 0.0383. The molecule has 15 nitrogen and oxygen atoms in total. The zero-order valence-electron chi connectivity index (χ0n) is 45.3. The van der Waals surface area contributed by atoms with Gasteiger partial charge in [-0.2, -0.15) is 0 Å². The molecule has 0 radical (unpaired) electrons. The lowest BCUT2D eigenvalue weighted by Crippen LogP contribution is -2.63. The van der Waals surface area contributed by atoms with E-state index in [1.165, 1.54) is 20.3 Å². The zero-order chi connectivity index (χ0) is 53.7. The molecular weight excluding hydrogens is 949 g/mol. The first kappa shape index (κ1) is 60.4. The summed E-state index contributed by atoms with van der Waals surface area (Å²) in [5.41, 5.74) is 2.32. The van der Waals surface area contributed by atoms with Gasteiger partial charge in [0.05, 0.1) is 82.7 Å². The number of carbonyl (C=O) groups is 3. The van der Waals surface area contributed by atoms with Crippen LogP contribution >= 0.6 is 0 Å². The van der Waals surface area contributed by atoms with Gasteiger partial charge in [0.1, 0.15) is 12.5 Å². The number of benzene rings is 2. The van der Waals surface area contributed by atoms with Gasteiger partial charge in [-0.25, -0.2) is 4.79 Å². The standard InChI is InChI=1S/C59H86O15/c1-10-11-12-13-17-20-55(63)73-57-45(32-56(64)66-8)31-52(35-53(60)42(4)70-39-68-37-43-18-15-14-16-19-43)74-59(57,67-9)58(5,6)26-25-47-27-40(2)28-50(71-47)34-51-30-41(3)29-49(72-51)33-48(36-54(61)62)69-38-44-21-23-46(65-7)24-22-44/h14-16,18-19,21-26,32,41-42,47-53,57,60H,2,10-13,17,20,27-31,33-39H2,1,3-9H3,(H,61,62)/b26-25+,45-32+/t41-,42+,47-,48+,49-,50-,51+,52-,53+,57-,59+/m0/s1. The third-order valence-electron chi connectivity index (χ3n) is 14.4. The number of carbonyl (C=O) groups excluding carboxylic acids is 2. The average molecular weight is 1040 g/mol. The van der Waals surface area contributed by atoms with Gasteiger partial charge in [-0.15, -0.1) is 0 Å². The van der Waals surface area contributed by atoms with Gasteiger partial charge in [-0.05, 0) is 80.2 Å². The van der Waals surface area contributed by atoms with Gasteiger partial charge in [-0.3, -0.25) is 9.59 Å². The quantitative estimate of drug-likeness (QED) is 0.0247. The van der Waals surface area contributed by atoms with Crippen LogP contribution in [0.3, 0.4) is 0 Å². The number of carboxylic acid groups (broad SMARTS) is 1. The molecule has 3 saturated heterocycles. The third-order valence-corrected chi connectivity index (χ3v) is 14.4. The van der Waals surface area contributed by atoms with E-state index in [4.69, 9.17) is 47.4 Å². The molecule has 0 aromatic heterocycles. The highest BCUT2D eigenvalue weighted by Gasteiger charge is 2.59. The fraction of sp³-hybridized carbons (Fsp3) is 0.644. The first-order chi connectivity index (χ1) is 35.5. The molecule has 0 spiro atoms. The molecule has 11 atom stereocenters. The largest absolute Gasteiger partial charge is 0.497 e. The summed E-state index contributed by atoms with van der Waals surface area (Å²) < 4.78 is 61.5. The predicted molar refractivity (Wildman–Crippen MR) is 280 cm³/mol. The normalized spacial score (nSPS) is 26.4. The number of hydrogen-bond acceptors (Lipinski definition) is 14. The smallest absolute Gasteiger partial charge is 0.330 e. The van der Waals surface area contributed by atoms with Crippen LogP contribution in [0.15, 0.2) is 90.6 Å². The van der Waals surface area contributed by atoms with Crippen molar-refractivity contribution >= 4 is 17.9 Å². The molecule has 0 saturated carbocycles. The van der Waals surface area contributed by atoms with E-state index in [1.54, 1.807) is 14.0 Å². The Bertz CT molecular complexity index is 2090. The Labute approximate surface area is 440 Å². The van der Waals surface area contributed by atoms with Gasteiger partial charge in [-0.1, -0.05) is 120 Å². The second-order valence-electron chi connectivity index (χ2n) is 21.1. The van der Waals surface area contributed by atoms with Gasteiger partial charge in [0.25, 0.3) is 0 Å². The van der Waals surface area contributed by atoms with Crippen LogP contribution < -0.4 is 4.74 Å². The summed E-state index contributed by atoms with van der Waals surface area (Å²) in [6.07, 6.45) is 9.21. The van der Waals surface area contributed by atoms with E-state index in [9.17, 15) is 24.6 Å². The van der Waals surface area contributed by atoms with Gasteiger partial charge in [0.2, 0.25) is 5.79 Å². The van der Waals surface area contributed by atoms with Gasteiger partial charge >= 0.3 is 17.9 Å². The first-order valence-electron chi connectivity index (χ1n) is 26.7. The van der Waals surface area contributed by atoms with Gasteiger partial charge < -0.3 is 57.6 Å². The topological polar surface area (TPSA) is 184 Å². The van der Waals surface area contributed by atoms with E-state index in [-0.39, 0.29) is 63.5 Å². The molecule has 3 fully saturated rings. The average Bonchev–Trinajstić information content (AvgIpc) is 3.36. The molecular formula is C59H86O15. The highest BCUT2D eigenvalue weighted by Crippen LogP contribution is 2.49. The molecule has 74 heavy (non-hydrogen) atoms. The second-order valence-corrected chi connectivity index (χ2v) is 21.1. The monoisotopic (exact) mass is 1030 g/mol. The number of esters is 2. The number of hydrogen-bond donors (Lipinski definition) is 2. The van der Waals surface area contributed by atoms with Crippen LogP contribution in [-0.2, 0) is 70.2 Å². The molecule has 0 bridgehead atoms. The van der Waals surface area contributed by atoms with Crippen LogP contribution in [0.25, 0.3) is 0 Å². The molecule has 0 aliphatic carbocycles. The molecule has 15 heteroatoms. The Balaban J connectivity index is 1.32. The van der Waals surface area contributed by atoms with E-state index in [0.717, 1.165) is 61.0 Å². The minimum Gasteiger partial charge on any atom is -0.497 e. The summed E-state index contributed by atoms with van der Waals surface area (Å²) in [6, 6.07) is 17.3. The van der Waals surface area contributed by atoms with E-state index in [1.807, 2.05) is 80.6 Å². The lowest BCUT2D eigenvalue weighted by Gasteiger charge is -2.53. The highest BCUT2D eigenvalue weighted by atomic mass is 16.7. The number of carboxylic acids is 1. The number of aliphatic hydroxyl groups is 1. The van der Waals surface area contributed by atoms with E-state index >= 15 is 0 Å². The maximum atomic E-state index is 13.8. The van der Waals surface area contributed by atoms with Crippen LogP contribution in [0.2, 0.25) is 0 Å². The van der Waals surface area contributed by atoms with Crippen molar-refractivity contribution in [3.63, 3.8) is 0 Å². The fourth-order valence-corrected chi connectivity index (χ4v) is 10.4. The Morgan fingerprint density at radius 3 is 2.27 bits per heavy atom. The van der Waals surface area contributed by atoms with Gasteiger partial charge in [0.15, 0.2) is 6.10 Å². The Kier molecular flexibility index (Phi) is 24.8. The van der Waals surface area contributed by atoms with Crippen molar-refractivity contribution in [2.75, 3.05) is 28.1 Å². The molecule has 0 unspecified atom stereocenters. The van der Waals surface area contributed by atoms with Crippen molar-refractivity contribution < 1.29 is 72.0 Å². The lowest BCUT2D eigenvalue weighted by atomic mass is 9.73. The molecule has 2 aromatic carbocycles. The predicted octanol–water partition coefficient (Wildman–Crippen LogP) is 10.5. The first-order valence-corrected chi connectivity index (χ1v) is 26.7. The van der Waals surface area contributed by atoms with Crippen LogP contribution in [0.1, 0.15) is 142 Å². The molecule has 3 aliphatic rings. The van der Waals surface area contributed by atoms with Crippen LogP contribution in [0.4, 0.5) is 0 Å². The maximum Gasteiger partial charge on any atom is 0.330 e. The van der Waals surface area contributed by atoms with Crippen LogP contribution in [0, 0.1) is 11.3 Å². The number of aliphatic hydroxyl groups excluding tert-OH is 1. The Morgan fingerprint density at radius 1 is 0.865 bits per heavy atom. The summed E-state index contributed by atoms with van der Waals surface area (Å²) in [4.78, 5) is 38.8. The second kappa shape index (κ2) is 30.3. The maximum absolute atomic E-state index is 13.8. The third kappa shape index (κ3) is 19.0. The number of rotatable bonds is 30. The van der Waals surface area contributed by atoms with Crippen molar-refractivity contribution in [3.8, 4) is 5.75 Å². The molecule has 3 heterocycles. The SMILES string of the molecule is C=C1C[C@@H](C[C@H]2C[C@@H](C)C[C@@H](C[C@H](CC(=O)O)OCc3ccc(OC)cc3)O2)O[C@@H](/C=C/C(C)(C)[C@]2(OC)O[C@H](C[C@@H](O)[C@@H](C)OCOCc3ccccc3)C/C(=C\C(=O)OC)[C@@H]2OC(=O)CCCCCCC)C1. The van der Waals surface area contributed by atoms with Gasteiger partial charge in [0, 0.05) is 44.3 Å². The molecule has 3 aliphatic heterocycles. The van der Waals surface area contributed by atoms with E-state index in [0.29, 0.717) is 50.2 Å². The summed E-state index contributed by atoms with van der Waals surface area (Å²) >= 11 is 0. The lowest BCUT2D eigenvalue weighted by molar-refractivity contribution is -0.338. The van der Waals surface area contributed by atoms with Crippen molar-refractivity contribution in [3.05, 3.63) is 102 Å². The summed E-state index contributed by atoms with van der Waals surface area (Å²) in [5.74, 6) is -2.62. The van der Waals surface area contributed by atoms with Crippen molar-refractivity contribution in [2.45, 2.75) is 205 Å². The zero-order valence-corrected chi connectivity index (χ0v) is 45.3. The number of ether oxygens (including phenoxy) is 10. The van der Waals surface area contributed by atoms with Crippen LogP contribution in [-0.4, -0.2) is 117 Å². The van der Waals surface area contributed by atoms with Crippen molar-refractivity contribution in [2.24, 2.45) is 11.3 Å². The van der Waals surface area contributed by atoms with Crippen LogP contribution in [0.5, 0.6) is 5.75 Å². The van der Waals surface area contributed by atoms with Crippen molar-refractivity contribution in [1.29, 1.82) is 0 Å². The minimum atomic E-state index is -1.70. The van der Waals surface area contributed by atoms with E-state index < -0.39 is 59.6 Å². The summed E-state index contributed by atoms with van der Waals surface area (Å²) in [7, 11) is 4.39. The summed E-state index contributed by atoms with van der Waals surface area (Å²) in [5, 5.41) is 21.3. The summed E-state index contributed by atoms with van der Waals surface area (Å²) in [6.45, 7) is 14.9.